The molecule has 12 nitrogen and oxygen atoms in total. The van der Waals surface area contributed by atoms with E-state index in [0.717, 1.165) is 161 Å². The van der Waals surface area contributed by atoms with Gasteiger partial charge in [-0.05, 0) is 125 Å². The van der Waals surface area contributed by atoms with Crippen LogP contribution in [0.25, 0.3) is 0 Å². The Balaban J connectivity index is 0.000000158. The van der Waals surface area contributed by atoms with E-state index in [-0.39, 0.29) is 11.6 Å². The van der Waals surface area contributed by atoms with Crippen molar-refractivity contribution in [3.8, 4) is 0 Å². The first kappa shape index (κ1) is 43.9. The normalized spacial score (nSPS) is 24.8. The molecule has 0 aliphatic carbocycles. The summed E-state index contributed by atoms with van der Waals surface area (Å²) in [6, 6.07) is 15.1. The SMILES string of the molecule is Cn1c(SCCCN2C[C@@H]3CCN(c4ccc(F)cc4)[C@@H]3C2)nnc1C1CCOCC1.Cn1c(SCCCN2C[C@H]3CCN(c4ccc(F)cc4)[C@H]3C2)nnc1C1CCOCC1. The number of nitrogens with zero attached hydrogens (tertiary/aromatic N) is 10. The van der Waals surface area contributed by atoms with Crippen molar-refractivity contribution in [3.63, 3.8) is 0 Å². The Hall–Kier alpha value is -3.28. The highest BCUT2D eigenvalue weighted by molar-refractivity contribution is 7.99. The molecular formula is C46H64F2N10O2S2. The van der Waals surface area contributed by atoms with Gasteiger partial charge in [-0.15, -0.1) is 20.4 Å². The quantitative estimate of drug-likeness (QED) is 0.0958. The van der Waals surface area contributed by atoms with E-state index in [4.69, 9.17) is 9.47 Å². The average molecular weight is 891 g/mol. The van der Waals surface area contributed by atoms with E-state index < -0.39 is 0 Å². The summed E-state index contributed by atoms with van der Waals surface area (Å²) in [5, 5.41) is 19.9. The number of ether oxygens (including phenoxy) is 2. The number of thioether (sulfide) groups is 2. The third kappa shape index (κ3) is 10.3. The molecule has 62 heavy (non-hydrogen) atoms. The average Bonchev–Trinajstić information content (AvgIpc) is 4.16. The van der Waals surface area contributed by atoms with E-state index in [2.05, 4.69) is 63.2 Å². The molecule has 0 unspecified atom stereocenters. The summed E-state index contributed by atoms with van der Waals surface area (Å²) >= 11 is 3.64. The largest absolute Gasteiger partial charge is 0.381 e. The Morgan fingerprint density at radius 1 is 0.548 bits per heavy atom. The third-order valence-corrected chi connectivity index (χ3v) is 16.4. The summed E-state index contributed by atoms with van der Waals surface area (Å²) in [5.74, 6) is 6.46. The molecule has 0 N–H and O–H groups in total. The number of fused-ring (bicyclic) bond motifs is 2. The maximum absolute atomic E-state index is 13.3. The van der Waals surface area contributed by atoms with Gasteiger partial charge in [-0.1, -0.05) is 23.5 Å². The highest BCUT2D eigenvalue weighted by Gasteiger charge is 2.42. The number of hydrogen-bond acceptors (Lipinski definition) is 12. The summed E-state index contributed by atoms with van der Waals surface area (Å²) in [7, 11) is 4.19. The van der Waals surface area contributed by atoms with E-state index in [0.29, 0.717) is 23.9 Å². The minimum atomic E-state index is -0.159. The smallest absolute Gasteiger partial charge is 0.190 e. The van der Waals surface area contributed by atoms with E-state index in [1.807, 2.05) is 47.8 Å². The molecule has 6 aliphatic heterocycles. The van der Waals surface area contributed by atoms with Gasteiger partial charge in [0.05, 0.1) is 0 Å². The first-order valence-electron chi connectivity index (χ1n) is 23.1. The standard InChI is InChI=1S/2C23H32FN5OS/c2*1-27-22(17-8-12-30-13-9-17)25-26-23(27)31-14-2-10-28-15-18-7-11-29(21(18)16-28)20-5-3-19(24)4-6-20/h2*3-6,17-18,21H,2,7-16H2,1H3/t2*18-,21+/m10/s1. The third-order valence-electron chi connectivity index (χ3n) is 14.2. The summed E-state index contributed by atoms with van der Waals surface area (Å²) in [5.41, 5.74) is 2.32. The lowest BCUT2D eigenvalue weighted by molar-refractivity contribution is 0.0828. The Morgan fingerprint density at radius 2 is 0.952 bits per heavy atom. The van der Waals surface area contributed by atoms with E-state index in [1.165, 1.54) is 25.9 Å². The van der Waals surface area contributed by atoms with Crippen LogP contribution in [0.5, 0.6) is 0 Å². The van der Waals surface area contributed by atoms with Crippen LogP contribution in [0.2, 0.25) is 0 Å². The van der Waals surface area contributed by atoms with Crippen molar-refractivity contribution in [2.45, 2.75) is 85.6 Å². The van der Waals surface area contributed by atoms with Gasteiger partial charge in [0.25, 0.3) is 0 Å². The zero-order chi connectivity index (χ0) is 42.4. The highest BCUT2D eigenvalue weighted by atomic mass is 32.2. The van der Waals surface area contributed by atoms with Crippen LogP contribution in [0.1, 0.15) is 74.9 Å². The van der Waals surface area contributed by atoms with E-state index in [1.54, 1.807) is 24.3 Å². The number of aromatic nitrogens is 6. The van der Waals surface area contributed by atoms with Crippen molar-refractivity contribution in [1.82, 2.24) is 39.3 Å². The topological polar surface area (TPSA) is 92.8 Å². The minimum Gasteiger partial charge on any atom is -0.381 e. The fourth-order valence-corrected chi connectivity index (χ4v) is 12.5. The van der Waals surface area contributed by atoms with Crippen LogP contribution < -0.4 is 9.80 Å². The molecule has 336 valence electrons. The number of halogens is 2. The molecule has 0 spiro atoms. The molecule has 4 aromatic rings. The second-order valence-electron chi connectivity index (χ2n) is 18.1. The Kier molecular flexibility index (Phi) is 14.7. The fraction of sp³-hybridized carbons (Fsp3) is 0.652. The summed E-state index contributed by atoms with van der Waals surface area (Å²) in [6.07, 6.45) is 8.96. The van der Waals surface area contributed by atoms with Gasteiger partial charge in [0, 0.05) is 127 Å². The number of hydrogen-bond donors (Lipinski definition) is 0. The molecule has 0 bridgehead atoms. The highest BCUT2D eigenvalue weighted by Crippen LogP contribution is 2.37. The molecule has 2 aromatic carbocycles. The zero-order valence-corrected chi connectivity index (χ0v) is 38.1. The molecule has 4 atom stereocenters. The van der Waals surface area contributed by atoms with Gasteiger partial charge in [-0.2, -0.15) is 0 Å². The van der Waals surface area contributed by atoms with Crippen molar-refractivity contribution in [2.24, 2.45) is 25.9 Å². The molecule has 6 saturated heterocycles. The van der Waals surface area contributed by atoms with Crippen LogP contribution in [0.15, 0.2) is 58.8 Å². The molecular weight excluding hydrogens is 827 g/mol. The minimum absolute atomic E-state index is 0.159. The van der Waals surface area contributed by atoms with Gasteiger partial charge in [-0.3, -0.25) is 0 Å². The van der Waals surface area contributed by atoms with Crippen LogP contribution in [0.4, 0.5) is 20.2 Å². The van der Waals surface area contributed by atoms with Gasteiger partial charge in [0.15, 0.2) is 10.3 Å². The van der Waals surface area contributed by atoms with Crippen LogP contribution in [0.3, 0.4) is 0 Å². The van der Waals surface area contributed by atoms with Crippen molar-refractivity contribution in [2.75, 3.05) is 100 Å². The molecule has 2 aromatic heterocycles. The Morgan fingerprint density at radius 3 is 1.35 bits per heavy atom. The van der Waals surface area contributed by atoms with Crippen molar-refractivity contribution < 1.29 is 18.3 Å². The lowest BCUT2D eigenvalue weighted by atomic mass is 10.00. The molecule has 0 saturated carbocycles. The molecule has 8 heterocycles. The summed E-state index contributed by atoms with van der Waals surface area (Å²) in [4.78, 5) is 10.2. The number of benzene rings is 2. The van der Waals surface area contributed by atoms with Gasteiger partial charge >= 0.3 is 0 Å². The van der Waals surface area contributed by atoms with E-state index in [9.17, 15) is 8.78 Å². The predicted molar refractivity (Wildman–Crippen MR) is 242 cm³/mol. The predicted octanol–water partition coefficient (Wildman–Crippen LogP) is 7.08. The second kappa shape index (κ2) is 20.7. The van der Waals surface area contributed by atoms with Crippen LogP contribution in [-0.4, -0.2) is 142 Å². The molecule has 0 amide bonds. The number of anilines is 2. The molecule has 0 radical (unpaired) electrons. The molecule has 6 aliphatic rings. The number of likely N-dealkylation sites (tertiary alicyclic amines) is 2. The Bertz CT molecular complexity index is 1880. The Labute approximate surface area is 374 Å². The van der Waals surface area contributed by atoms with Crippen molar-refractivity contribution in [3.05, 3.63) is 71.8 Å². The maximum Gasteiger partial charge on any atom is 0.190 e. The first-order valence-corrected chi connectivity index (χ1v) is 25.0. The van der Waals surface area contributed by atoms with Crippen molar-refractivity contribution >= 4 is 34.9 Å². The van der Waals surface area contributed by atoms with Crippen LogP contribution in [0, 0.1) is 23.5 Å². The molecule has 10 rings (SSSR count). The molecule has 16 heteroatoms. The van der Waals surface area contributed by atoms with Gasteiger partial charge in [0.2, 0.25) is 0 Å². The maximum atomic E-state index is 13.3. The van der Waals surface area contributed by atoms with Crippen LogP contribution in [-0.2, 0) is 23.6 Å². The van der Waals surface area contributed by atoms with Gasteiger partial charge < -0.3 is 38.2 Å². The fourth-order valence-electron chi connectivity index (χ4n) is 10.8. The zero-order valence-electron chi connectivity index (χ0n) is 36.5. The monoisotopic (exact) mass is 890 g/mol. The van der Waals surface area contributed by atoms with Gasteiger partial charge in [0.1, 0.15) is 23.3 Å². The van der Waals surface area contributed by atoms with Crippen LogP contribution >= 0.6 is 23.5 Å². The van der Waals surface area contributed by atoms with Gasteiger partial charge in [-0.25, -0.2) is 8.78 Å². The first-order chi connectivity index (χ1) is 30.4. The lowest BCUT2D eigenvalue weighted by Gasteiger charge is -2.27. The van der Waals surface area contributed by atoms with E-state index >= 15 is 0 Å². The summed E-state index contributed by atoms with van der Waals surface area (Å²) < 4.78 is 41.9. The lowest BCUT2D eigenvalue weighted by Crippen LogP contribution is -2.35. The van der Waals surface area contributed by atoms with Crippen molar-refractivity contribution in [1.29, 1.82) is 0 Å². The second-order valence-corrected chi connectivity index (χ2v) is 20.2. The molecule has 6 fully saturated rings. The summed E-state index contributed by atoms with van der Waals surface area (Å²) in [6.45, 7) is 12.4. The number of rotatable bonds is 14.